The van der Waals surface area contributed by atoms with Gasteiger partial charge in [-0.3, -0.25) is 9.69 Å². The molecule has 0 saturated heterocycles. The molecule has 0 fully saturated rings. The Kier molecular flexibility index (Phi) is 11.1. The summed E-state index contributed by atoms with van der Waals surface area (Å²) in [6, 6.07) is 29.6. The molecule has 0 radical (unpaired) electrons. The molecule has 1 heterocycles. The van der Waals surface area contributed by atoms with Gasteiger partial charge in [0.1, 0.15) is 10.7 Å². The molecule has 1 aromatic heterocycles. The normalized spacial score (nSPS) is 11.3. The number of benzene rings is 3. The fraction of sp³-hybridized carbons (Fsp3) is 0.333. The zero-order valence-electron chi connectivity index (χ0n) is 22.9. The minimum atomic E-state index is 0.0404. The van der Waals surface area contributed by atoms with Crippen LogP contribution in [0.1, 0.15) is 71.2 Å². The third-order valence-corrected chi connectivity index (χ3v) is 7.95. The van der Waals surface area contributed by atoms with E-state index in [0.717, 1.165) is 55.5 Å². The Bertz CT molecular complexity index is 1230. The standard InChI is InChI=1S/C33H38ClN3OS/c1-3-20-37(21-4-2)33(38)31-25-39-32(35-31)24-36(23-26-15-17-29(34)18-16-26)22-19-30(27-11-7-5-8-12-27)28-13-9-6-10-14-28/h5-18,25,30H,3-4,19-24H2,1-2H3. The summed E-state index contributed by atoms with van der Waals surface area (Å²) >= 11 is 7.74. The van der Waals surface area contributed by atoms with Crippen LogP contribution in [0, 0.1) is 0 Å². The summed E-state index contributed by atoms with van der Waals surface area (Å²) in [4.78, 5) is 22.3. The molecule has 0 aliphatic carbocycles. The van der Waals surface area contributed by atoms with E-state index in [2.05, 4.69) is 91.5 Å². The van der Waals surface area contributed by atoms with Gasteiger partial charge in [0.25, 0.3) is 5.91 Å². The van der Waals surface area contributed by atoms with E-state index in [4.69, 9.17) is 16.6 Å². The minimum Gasteiger partial charge on any atom is -0.337 e. The maximum atomic E-state index is 13.1. The second-order valence-corrected chi connectivity index (χ2v) is 11.3. The van der Waals surface area contributed by atoms with Crippen molar-refractivity contribution in [3.8, 4) is 0 Å². The Morgan fingerprint density at radius 2 is 1.41 bits per heavy atom. The highest BCUT2D eigenvalue weighted by Crippen LogP contribution is 2.29. The third-order valence-electron chi connectivity index (χ3n) is 6.86. The van der Waals surface area contributed by atoms with Gasteiger partial charge in [0.15, 0.2) is 0 Å². The quantitative estimate of drug-likeness (QED) is 0.156. The summed E-state index contributed by atoms with van der Waals surface area (Å²) in [6.45, 7) is 8.11. The zero-order valence-corrected chi connectivity index (χ0v) is 24.5. The number of hydrogen-bond acceptors (Lipinski definition) is 4. The number of aromatic nitrogens is 1. The molecule has 39 heavy (non-hydrogen) atoms. The Balaban J connectivity index is 1.53. The van der Waals surface area contributed by atoms with Crippen LogP contribution in [0.4, 0.5) is 0 Å². The number of carbonyl (C=O) groups is 1. The second-order valence-electron chi connectivity index (χ2n) is 9.92. The number of hydrogen-bond donors (Lipinski definition) is 0. The summed E-state index contributed by atoms with van der Waals surface area (Å²) < 4.78 is 0. The lowest BCUT2D eigenvalue weighted by Gasteiger charge is -2.25. The molecule has 4 nitrogen and oxygen atoms in total. The van der Waals surface area contributed by atoms with E-state index >= 15 is 0 Å². The maximum Gasteiger partial charge on any atom is 0.273 e. The summed E-state index contributed by atoms with van der Waals surface area (Å²) in [5.74, 6) is 0.337. The predicted octanol–water partition coefficient (Wildman–Crippen LogP) is 8.28. The van der Waals surface area contributed by atoms with Crippen LogP contribution in [0.3, 0.4) is 0 Å². The first-order valence-electron chi connectivity index (χ1n) is 13.9. The molecule has 0 spiro atoms. The second kappa shape index (κ2) is 15.0. The molecule has 1 amide bonds. The van der Waals surface area contributed by atoms with Crippen LogP contribution in [0.15, 0.2) is 90.3 Å². The zero-order chi connectivity index (χ0) is 27.5. The lowest BCUT2D eigenvalue weighted by Crippen LogP contribution is -2.32. The largest absolute Gasteiger partial charge is 0.337 e. The molecule has 3 aromatic carbocycles. The molecule has 0 aliphatic heterocycles. The van der Waals surface area contributed by atoms with Crippen LogP contribution in [0.25, 0.3) is 0 Å². The first kappa shape index (κ1) is 29.0. The Labute approximate surface area is 242 Å². The number of amides is 1. The number of rotatable bonds is 14. The minimum absolute atomic E-state index is 0.0404. The van der Waals surface area contributed by atoms with E-state index in [1.807, 2.05) is 22.4 Å². The fourth-order valence-corrected chi connectivity index (χ4v) is 5.90. The molecule has 4 aromatic rings. The van der Waals surface area contributed by atoms with Gasteiger partial charge in [-0.1, -0.05) is 98.2 Å². The first-order valence-corrected chi connectivity index (χ1v) is 15.1. The number of nitrogens with zero attached hydrogens (tertiary/aromatic N) is 3. The van der Waals surface area contributed by atoms with Crippen molar-refractivity contribution < 1.29 is 4.79 Å². The molecular formula is C33H38ClN3OS. The molecule has 0 saturated carbocycles. The van der Waals surface area contributed by atoms with Gasteiger partial charge in [-0.05, 0) is 54.6 Å². The van der Waals surface area contributed by atoms with Crippen LogP contribution < -0.4 is 0 Å². The van der Waals surface area contributed by atoms with Crippen molar-refractivity contribution in [3.63, 3.8) is 0 Å². The van der Waals surface area contributed by atoms with Crippen LogP contribution in [0.5, 0.6) is 0 Å². The third kappa shape index (κ3) is 8.50. The lowest BCUT2D eigenvalue weighted by atomic mass is 9.88. The average molecular weight is 560 g/mol. The van der Waals surface area contributed by atoms with Crippen molar-refractivity contribution in [3.05, 3.63) is 123 Å². The SMILES string of the molecule is CCCN(CCC)C(=O)c1csc(CN(CCC(c2ccccc2)c2ccccc2)Cc2ccc(Cl)cc2)n1. The predicted molar refractivity (Wildman–Crippen MR) is 164 cm³/mol. The van der Waals surface area contributed by atoms with Crippen LogP contribution in [-0.2, 0) is 13.1 Å². The molecule has 0 bridgehead atoms. The molecule has 204 valence electrons. The van der Waals surface area contributed by atoms with E-state index in [1.54, 1.807) is 11.3 Å². The van der Waals surface area contributed by atoms with Crippen molar-refractivity contribution >= 4 is 28.8 Å². The van der Waals surface area contributed by atoms with E-state index in [1.165, 1.54) is 16.7 Å². The molecule has 0 atom stereocenters. The van der Waals surface area contributed by atoms with Gasteiger partial charge < -0.3 is 4.90 Å². The number of halogens is 1. The lowest BCUT2D eigenvalue weighted by molar-refractivity contribution is 0.0750. The Morgan fingerprint density at radius 3 is 1.97 bits per heavy atom. The van der Waals surface area contributed by atoms with Crippen molar-refractivity contribution in [2.75, 3.05) is 19.6 Å². The summed E-state index contributed by atoms with van der Waals surface area (Å²) in [5.41, 5.74) is 4.42. The van der Waals surface area contributed by atoms with Crippen molar-refractivity contribution in [2.45, 2.75) is 52.1 Å². The van der Waals surface area contributed by atoms with Gasteiger partial charge in [-0.15, -0.1) is 11.3 Å². The smallest absolute Gasteiger partial charge is 0.273 e. The molecule has 0 aliphatic rings. The Morgan fingerprint density at radius 1 is 0.821 bits per heavy atom. The Hall–Kier alpha value is -2.99. The highest BCUT2D eigenvalue weighted by molar-refractivity contribution is 7.09. The van der Waals surface area contributed by atoms with Gasteiger partial charge in [0, 0.05) is 36.0 Å². The van der Waals surface area contributed by atoms with E-state index in [0.29, 0.717) is 18.2 Å². The van der Waals surface area contributed by atoms with Crippen molar-refractivity contribution in [2.24, 2.45) is 0 Å². The van der Waals surface area contributed by atoms with Gasteiger partial charge in [-0.25, -0.2) is 4.98 Å². The first-order chi connectivity index (χ1) is 19.1. The van der Waals surface area contributed by atoms with Gasteiger partial charge in [0.05, 0.1) is 6.54 Å². The van der Waals surface area contributed by atoms with Crippen LogP contribution in [-0.4, -0.2) is 40.3 Å². The van der Waals surface area contributed by atoms with E-state index < -0.39 is 0 Å². The number of thiazole rings is 1. The maximum absolute atomic E-state index is 13.1. The number of carbonyl (C=O) groups excluding carboxylic acids is 1. The molecule has 0 N–H and O–H groups in total. The van der Waals surface area contributed by atoms with Crippen molar-refractivity contribution in [1.29, 1.82) is 0 Å². The van der Waals surface area contributed by atoms with Gasteiger partial charge in [-0.2, -0.15) is 0 Å². The van der Waals surface area contributed by atoms with Crippen molar-refractivity contribution in [1.82, 2.24) is 14.8 Å². The van der Waals surface area contributed by atoms with E-state index in [-0.39, 0.29) is 5.91 Å². The van der Waals surface area contributed by atoms with Crippen LogP contribution in [0.2, 0.25) is 5.02 Å². The van der Waals surface area contributed by atoms with Gasteiger partial charge >= 0.3 is 0 Å². The molecule has 0 unspecified atom stereocenters. The molecular weight excluding hydrogens is 522 g/mol. The van der Waals surface area contributed by atoms with E-state index in [9.17, 15) is 4.79 Å². The summed E-state index contributed by atoms with van der Waals surface area (Å²) in [6.07, 6.45) is 2.86. The summed E-state index contributed by atoms with van der Waals surface area (Å²) in [7, 11) is 0. The van der Waals surface area contributed by atoms with Gasteiger partial charge in [0.2, 0.25) is 0 Å². The molecule has 6 heteroatoms. The molecule has 4 rings (SSSR count). The monoisotopic (exact) mass is 559 g/mol. The highest BCUT2D eigenvalue weighted by Gasteiger charge is 2.20. The fourth-order valence-electron chi connectivity index (χ4n) is 4.96. The topological polar surface area (TPSA) is 36.4 Å². The summed E-state index contributed by atoms with van der Waals surface area (Å²) in [5, 5.41) is 3.63. The highest BCUT2D eigenvalue weighted by atomic mass is 35.5. The average Bonchev–Trinajstić information content (AvgIpc) is 3.43. The van der Waals surface area contributed by atoms with Crippen LogP contribution >= 0.6 is 22.9 Å².